The standard InChI is InChI=1S/C19H27FN4O2S.HI/c1-14(25-4)18-23-16(13-27-18)12-24(3)19(21-2)22-10-5-11-26-17-8-6-15(20)7-9-17;/h6-9,13-14H,5,10-12H2,1-4H3,(H,21,22);1H. The number of hydrogen-bond acceptors (Lipinski definition) is 5. The summed E-state index contributed by atoms with van der Waals surface area (Å²) >= 11 is 1.60. The molecule has 1 N–H and O–H groups in total. The van der Waals surface area contributed by atoms with Crippen LogP contribution in [0.1, 0.15) is 30.2 Å². The number of benzene rings is 1. The summed E-state index contributed by atoms with van der Waals surface area (Å²) in [5.41, 5.74) is 0.990. The van der Waals surface area contributed by atoms with Crippen LogP contribution in [0, 0.1) is 5.82 Å². The summed E-state index contributed by atoms with van der Waals surface area (Å²) in [7, 11) is 5.42. The first-order valence-electron chi connectivity index (χ1n) is 8.80. The first kappa shape index (κ1) is 24.6. The van der Waals surface area contributed by atoms with Crippen molar-refractivity contribution < 1.29 is 13.9 Å². The molecule has 1 unspecified atom stereocenters. The molecule has 1 aromatic heterocycles. The fraction of sp³-hybridized carbons (Fsp3) is 0.474. The van der Waals surface area contributed by atoms with Crippen LogP contribution >= 0.6 is 35.3 Å². The van der Waals surface area contributed by atoms with Crippen molar-refractivity contribution in [3.8, 4) is 5.75 Å². The molecule has 0 radical (unpaired) electrons. The van der Waals surface area contributed by atoms with Gasteiger partial charge in [-0.2, -0.15) is 0 Å². The molecule has 2 rings (SSSR count). The van der Waals surface area contributed by atoms with Gasteiger partial charge in [0.15, 0.2) is 5.96 Å². The second-order valence-electron chi connectivity index (χ2n) is 6.04. The third-order valence-corrected chi connectivity index (χ3v) is 4.98. The van der Waals surface area contributed by atoms with Gasteiger partial charge in [0.05, 0.1) is 18.8 Å². The predicted octanol–water partition coefficient (Wildman–Crippen LogP) is 4.08. The summed E-state index contributed by atoms with van der Waals surface area (Å²) in [6.07, 6.45) is 0.809. The van der Waals surface area contributed by atoms with E-state index in [1.54, 1.807) is 37.6 Å². The van der Waals surface area contributed by atoms with E-state index in [-0.39, 0.29) is 35.9 Å². The lowest BCUT2D eigenvalue weighted by Gasteiger charge is -2.21. The highest BCUT2D eigenvalue weighted by atomic mass is 127. The van der Waals surface area contributed by atoms with Gasteiger partial charge in [-0.3, -0.25) is 4.99 Å². The third-order valence-electron chi connectivity index (χ3n) is 3.93. The Hall–Kier alpha value is -1.46. The average molecular weight is 522 g/mol. The van der Waals surface area contributed by atoms with Crippen LogP contribution in [0.5, 0.6) is 5.75 Å². The molecule has 2 aromatic rings. The highest BCUT2D eigenvalue weighted by Gasteiger charge is 2.12. The van der Waals surface area contributed by atoms with Crippen LogP contribution < -0.4 is 10.1 Å². The quantitative estimate of drug-likeness (QED) is 0.233. The van der Waals surface area contributed by atoms with Crippen molar-refractivity contribution in [2.75, 3.05) is 34.4 Å². The number of nitrogens with one attached hydrogen (secondary N) is 1. The van der Waals surface area contributed by atoms with Crippen molar-refractivity contribution in [2.45, 2.75) is 26.0 Å². The summed E-state index contributed by atoms with van der Waals surface area (Å²) < 4.78 is 23.7. The van der Waals surface area contributed by atoms with E-state index in [0.717, 1.165) is 29.6 Å². The zero-order chi connectivity index (χ0) is 19.6. The van der Waals surface area contributed by atoms with Gasteiger partial charge >= 0.3 is 0 Å². The molecule has 0 aliphatic carbocycles. The van der Waals surface area contributed by atoms with Crippen molar-refractivity contribution in [2.24, 2.45) is 4.99 Å². The predicted molar refractivity (Wildman–Crippen MR) is 122 cm³/mol. The van der Waals surface area contributed by atoms with E-state index in [1.807, 2.05) is 24.3 Å². The highest BCUT2D eigenvalue weighted by Crippen LogP contribution is 2.20. The molecular weight excluding hydrogens is 494 g/mol. The first-order chi connectivity index (χ1) is 13.0. The molecular formula is C19H28FIN4O2S. The minimum Gasteiger partial charge on any atom is -0.494 e. The molecule has 0 aliphatic heterocycles. The Balaban J connectivity index is 0.00000392. The molecule has 1 aromatic carbocycles. The van der Waals surface area contributed by atoms with E-state index in [2.05, 4.69) is 15.3 Å². The maximum Gasteiger partial charge on any atom is 0.193 e. The Bertz CT molecular complexity index is 727. The van der Waals surface area contributed by atoms with Gasteiger partial charge in [0.25, 0.3) is 0 Å². The van der Waals surface area contributed by atoms with Crippen molar-refractivity contribution in [3.05, 3.63) is 46.2 Å². The van der Waals surface area contributed by atoms with Crippen LogP contribution in [0.2, 0.25) is 0 Å². The van der Waals surface area contributed by atoms with Crippen molar-refractivity contribution in [3.63, 3.8) is 0 Å². The Morgan fingerprint density at radius 1 is 1.36 bits per heavy atom. The van der Waals surface area contributed by atoms with Crippen molar-refractivity contribution in [1.29, 1.82) is 0 Å². The smallest absolute Gasteiger partial charge is 0.193 e. The fourth-order valence-electron chi connectivity index (χ4n) is 2.38. The van der Waals surface area contributed by atoms with Gasteiger partial charge in [0.1, 0.15) is 22.7 Å². The average Bonchev–Trinajstić information content (AvgIpc) is 3.13. The Kier molecular flexibility index (Phi) is 11.3. The molecule has 0 fully saturated rings. The number of guanidine groups is 1. The van der Waals surface area contributed by atoms with Crippen LogP contribution in [0.4, 0.5) is 4.39 Å². The maximum absolute atomic E-state index is 12.9. The number of methoxy groups -OCH3 is 1. The van der Waals surface area contributed by atoms with Crippen LogP contribution in [-0.4, -0.2) is 50.2 Å². The maximum atomic E-state index is 12.9. The minimum absolute atomic E-state index is 0. The molecule has 156 valence electrons. The third kappa shape index (κ3) is 7.88. The van der Waals surface area contributed by atoms with Crippen LogP contribution in [0.3, 0.4) is 0 Å². The lowest BCUT2D eigenvalue weighted by Crippen LogP contribution is -2.39. The summed E-state index contributed by atoms with van der Waals surface area (Å²) in [6, 6.07) is 6.04. The van der Waals surface area contributed by atoms with Gasteiger partial charge in [0, 0.05) is 33.1 Å². The molecule has 0 bridgehead atoms. The molecule has 0 amide bonds. The second kappa shape index (κ2) is 12.9. The molecule has 6 nitrogen and oxygen atoms in total. The highest BCUT2D eigenvalue weighted by molar-refractivity contribution is 14.0. The van der Waals surface area contributed by atoms with E-state index >= 15 is 0 Å². The Labute approximate surface area is 187 Å². The molecule has 28 heavy (non-hydrogen) atoms. The molecule has 0 saturated heterocycles. The molecule has 0 aliphatic rings. The largest absolute Gasteiger partial charge is 0.494 e. The zero-order valence-corrected chi connectivity index (χ0v) is 19.8. The number of ether oxygens (including phenoxy) is 2. The number of thiazole rings is 1. The van der Waals surface area contributed by atoms with Gasteiger partial charge in [-0.05, 0) is 37.6 Å². The van der Waals surface area contributed by atoms with Gasteiger partial charge in [-0.1, -0.05) is 0 Å². The van der Waals surface area contributed by atoms with Crippen LogP contribution in [0.25, 0.3) is 0 Å². The lowest BCUT2D eigenvalue weighted by molar-refractivity contribution is 0.119. The topological polar surface area (TPSA) is 59.0 Å². The van der Waals surface area contributed by atoms with E-state index in [1.165, 1.54) is 12.1 Å². The number of aliphatic imine (C=N–C) groups is 1. The molecule has 0 spiro atoms. The van der Waals surface area contributed by atoms with Crippen LogP contribution in [-0.2, 0) is 11.3 Å². The number of rotatable bonds is 9. The van der Waals surface area contributed by atoms with E-state index in [9.17, 15) is 4.39 Å². The zero-order valence-electron chi connectivity index (χ0n) is 16.6. The summed E-state index contributed by atoms with van der Waals surface area (Å²) in [4.78, 5) is 10.9. The summed E-state index contributed by atoms with van der Waals surface area (Å²) in [5.74, 6) is 1.20. The van der Waals surface area contributed by atoms with Gasteiger partial charge < -0.3 is 19.7 Å². The van der Waals surface area contributed by atoms with Crippen molar-refractivity contribution >= 4 is 41.3 Å². The molecule has 1 atom stereocenters. The Morgan fingerprint density at radius 2 is 2.07 bits per heavy atom. The number of aromatic nitrogens is 1. The van der Waals surface area contributed by atoms with Gasteiger partial charge in [0.2, 0.25) is 0 Å². The van der Waals surface area contributed by atoms with E-state index in [4.69, 9.17) is 9.47 Å². The molecule has 1 heterocycles. The number of hydrogen-bond donors (Lipinski definition) is 1. The number of halogens is 2. The first-order valence-corrected chi connectivity index (χ1v) is 9.68. The van der Waals surface area contributed by atoms with Gasteiger partial charge in [-0.15, -0.1) is 35.3 Å². The monoisotopic (exact) mass is 522 g/mol. The lowest BCUT2D eigenvalue weighted by atomic mass is 10.3. The minimum atomic E-state index is -0.264. The number of nitrogens with zero attached hydrogens (tertiary/aromatic N) is 3. The fourth-order valence-corrected chi connectivity index (χ4v) is 3.22. The van der Waals surface area contributed by atoms with E-state index < -0.39 is 0 Å². The summed E-state index contributed by atoms with van der Waals surface area (Å²) in [5, 5.41) is 6.33. The normalized spacial score (nSPS) is 12.2. The molecule has 0 saturated carbocycles. The molecule has 9 heteroatoms. The van der Waals surface area contributed by atoms with Crippen molar-refractivity contribution in [1.82, 2.24) is 15.2 Å². The SMILES string of the molecule is CN=C(NCCCOc1ccc(F)cc1)N(C)Cc1csc(C(C)OC)n1.I. The second-order valence-corrected chi connectivity index (χ2v) is 6.93. The Morgan fingerprint density at radius 3 is 2.71 bits per heavy atom. The summed E-state index contributed by atoms with van der Waals surface area (Å²) in [6.45, 7) is 3.92. The van der Waals surface area contributed by atoms with E-state index in [0.29, 0.717) is 18.9 Å². The van der Waals surface area contributed by atoms with Gasteiger partial charge in [-0.25, -0.2) is 9.37 Å². The van der Waals surface area contributed by atoms with Crippen LogP contribution in [0.15, 0.2) is 34.6 Å².